The number of fused-ring (bicyclic) bond motifs is 11. The molecule has 0 aliphatic heterocycles. The van der Waals surface area contributed by atoms with Gasteiger partial charge in [0.15, 0.2) is 5.58 Å². The lowest BCUT2D eigenvalue weighted by atomic mass is 9.95. The minimum Gasteiger partial charge on any atom is -0.454 e. The third kappa shape index (κ3) is 7.08. The number of rotatable bonds is 9. The summed E-state index contributed by atoms with van der Waals surface area (Å²) in [4.78, 5) is 4.76. The largest absolute Gasteiger partial charge is 0.454 e. The van der Waals surface area contributed by atoms with Crippen molar-refractivity contribution >= 4 is 122 Å². The van der Waals surface area contributed by atoms with Crippen molar-refractivity contribution in [2.24, 2.45) is 0 Å². The van der Waals surface area contributed by atoms with Gasteiger partial charge in [-0.15, -0.1) is 11.3 Å². The Morgan fingerprint density at radius 3 is 1.74 bits per heavy atom. The predicted molar refractivity (Wildman–Crippen MR) is 305 cm³/mol. The van der Waals surface area contributed by atoms with Crippen molar-refractivity contribution in [2.75, 3.05) is 9.80 Å². The van der Waals surface area contributed by atoms with Crippen molar-refractivity contribution in [3.8, 4) is 22.3 Å². The van der Waals surface area contributed by atoms with Crippen LogP contribution in [0.5, 0.6) is 0 Å². The lowest BCUT2D eigenvalue weighted by Gasteiger charge is -2.28. The maximum atomic E-state index is 6.69. The predicted octanol–water partition coefficient (Wildman–Crippen LogP) is 19.1. The van der Waals surface area contributed by atoms with E-state index >= 15 is 0 Å². The van der Waals surface area contributed by atoms with Crippen LogP contribution in [0.25, 0.3) is 85.9 Å². The van der Waals surface area contributed by atoms with Gasteiger partial charge in [0.05, 0.1) is 19.4 Å². The molecular weight excluding hydrogens is 885 g/mol. The Morgan fingerprint density at radius 1 is 0.371 bits per heavy atom. The zero-order valence-electron chi connectivity index (χ0n) is 39.2. The van der Waals surface area contributed by atoms with Crippen LogP contribution in [0.3, 0.4) is 0 Å². The zero-order valence-corrected chi connectivity index (χ0v) is 41.0. The Morgan fingerprint density at radius 2 is 0.957 bits per heavy atom. The molecule has 13 rings (SSSR count). The summed E-state index contributed by atoms with van der Waals surface area (Å²) in [7, 11) is -1.46. The van der Waals surface area contributed by atoms with Gasteiger partial charge in [0.25, 0.3) is 0 Å². The van der Waals surface area contributed by atoms with Gasteiger partial charge in [-0.1, -0.05) is 189 Å². The number of anilines is 6. The number of para-hydroxylation sites is 4. The zero-order chi connectivity index (χ0) is 46.9. The van der Waals surface area contributed by atoms with Crippen LogP contribution in [0.2, 0.25) is 19.6 Å². The Kier molecular flexibility index (Phi) is 10.0. The average Bonchev–Trinajstić information content (AvgIpc) is 3.99. The second kappa shape index (κ2) is 16.8. The first-order valence-corrected chi connectivity index (χ1v) is 28.4. The van der Waals surface area contributed by atoms with Crippen molar-refractivity contribution in [1.29, 1.82) is 0 Å². The molecule has 0 amide bonds. The first-order chi connectivity index (χ1) is 34.4. The molecule has 13 aromatic rings. The Bertz CT molecular complexity index is 4100. The smallest absolute Gasteiger partial charge is 0.159 e. The van der Waals surface area contributed by atoms with Gasteiger partial charge in [0, 0.05) is 64.6 Å². The topological polar surface area (TPSA) is 19.6 Å². The fourth-order valence-corrected chi connectivity index (χ4v) is 13.0. The first kappa shape index (κ1) is 41.9. The van der Waals surface area contributed by atoms with Crippen LogP contribution in [-0.2, 0) is 0 Å². The molecule has 3 nitrogen and oxygen atoms in total. The molecule has 0 radical (unpaired) electrons. The summed E-state index contributed by atoms with van der Waals surface area (Å²) >= 11 is 1.90. The van der Waals surface area contributed by atoms with Crippen molar-refractivity contribution in [3.63, 3.8) is 0 Å². The SMILES string of the molecule is C[Si](C)(C)c1ccc(N(c2ccccc2)c2ccc3c(c2)c2ccccc2c2c4ccc(-c5ccc(N(c6ccccc6-c6ccccc6)c6cccc7c6oc6ccccc67)cc5)cc4sc32)cc1. The van der Waals surface area contributed by atoms with Crippen molar-refractivity contribution < 1.29 is 4.42 Å². The molecular formula is C65H48N2OSSi. The van der Waals surface area contributed by atoms with E-state index in [9.17, 15) is 0 Å². The van der Waals surface area contributed by atoms with Gasteiger partial charge in [-0.3, -0.25) is 0 Å². The fourth-order valence-electron chi connectivity index (χ4n) is 10.5. The van der Waals surface area contributed by atoms with E-state index in [4.69, 9.17) is 4.42 Å². The van der Waals surface area contributed by atoms with Crippen LogP contribution < -0.4 is 15.0 Å². The van der Waals surface area contributed by atoms with Crippen LogP contribution >= 0.6 is 11.3 Å². The third-order valence-corrected chi connectivity index (χ3v) is 17.3. The molecule has 0 fully saturated rings. The van der Waals surface area contributed by atoms with E-state index in [1.54, 1.807) is 0 Å². The van der Waals surface area contributed by atoms with Gasteiger partial charge >= 0.3 is 0 Å². The first-order valence-electron chi connectivity index (χ1n) is 24.1. The highest BCUT2D eigenvalue weighted by Gasteiger charge is 2.24. The molecule has 0 N–H and O–H groups in total. The number of nitrogens with zero attached hydrogens (tertiary/aromatic N) is 2. The lowest BCUT2D eigenvalue weighted by Crippen LogP contribution is -2.37. The highest BCUT2D eigenvalue weighted by Crippen LogP contribution is 2.48. The third-order valence-electron chi connectivity index (χ3n) is 14.0. The van der Waals surface area contributed by atoms with Gasteiger partial charge in [0.1, 0.15) is 5.58 Å². The summed E-state index contributed by atoms with van der Waals surface area (Å²) in [6.07, 6.45) is 0. The molecule has 70 heavy (non-hydrogen) atoms. The number of benzene rings is 11. The highest BCUT2D eigenvalue weighted by atomic mass is 32.1. The van der Waals surface area contributed by atoms with Crippen LogP contribution in [-0.4, -0.2) is 8.07 Å². The van der Waals surface area contributed by atoms with E-state index in [1.165, 1.54) is 58.0 Å². The summed E-state index contributed by atoms with van der Waals surface area (Å²) in [5.41, 5.74) is 13.0. The van der Waals surface area contributed by atoms with Gasteiger partial charge in [-0.25, -0.2) is 0 Å². The molecule has 0 aliphatic rings. The van der Waals surface area contributed by atoms with Gasteiger partial charge in [-0.2, -0.15) is 0 Å². The van der Waals surface area contributed by atoms with E-state index in [2.05, 4.69) is 260 Å². The van der Waals surface area contributed by atoms with Crippen LogP contribution in [0.4, 0.5) is 34.1 Å². The monoisotopic (exact) mass is 932 g/mol. The molecule has 0 spiro atoms. The Balaban J connectivity index is 0.924. The molecule has 0 saturated heterocycles. The maximum absolute atomic E-state index is 6.69. The van der Waals surface area contributed by atoms with Gasteiger partial charge < -0.3 is 14.2 Å². The van der Waals surface area contributed by atoms with Crippen LogP contribution in [0.1, 0.15) is 0 Å². The minimum absolute atomic E-state index is 0.864. The Labute approximate surface area is 412 Å². The molecule has 0 bridgehead atoms. The number of hydrogen-bond donors (Lipinski definition) is 0. The summed E-state index contributed by atoms with van der Waals surface area (Å²) in [6, 6.07) is 86.3. The molecule has 2 aromatic heterocycles. The summed E-state index contributed by atoms with van der Waals surface area (Å²) in [6.45, 7) is 7.23. The number of furan rings is 1. The molecule has 334 valence electrons. The van der Waals surface area contributed by atoms with E-state index in [1.807, 2.05) is 17.4 Å². The second-order valence-electron chi connectivity index (χ2n) is 19.3. The molecule has 5 heteroatoms. The standard InChI is InChI=1S/C65H48N2OSSi/c1-70(2,3)50-37-34-47(35-38-50)66(46-19-8-5-9-20-46)49-36-40-56-58(42-49)52-22-10-11-24-54(52)63-57-39-31-45(41-62(57)69-65(56)63)43-29-32-48(33-30-43)67(59-26-14-12-21-51(59)44-17-6-4-7-18-44)60-27-16-25-55-53-23-13-15-28-61(53)68-64(55)60/h4-42H,1-3H3. The molecule has 0 saturated carbocycles. The van der Waals surface area contributed by atoms with Gasteiger partial charge in [0.2, 0.25) is 0 Å². The summed E-state index contributed by atoms with van der Waals surface area (Å²) in [5, 5.41) is 11.4. The highest BCUT2D eigenvalue weighted by molar-refractivity contribution is 7.27. The number of hydrogen-bond acceptors (Lipinski definition) is 4. The van der Waals surface area contributed by atoms with Gasteiger partial charge in [-0.05, 0) is 106 Å². The average molecular weight is 933 g/mol. The van der Waals surface area contributed by atoms with E-state index in [0.717, 1.165) is 67.2 Å². The van der Waals surface area contributed by atoms with E-state index < -0.39 is 8.07 Å². The molecule has 0 atom stereocenters. The van der Waals surface area contributed by atoms with Crippen LogP contribution in [0.15, 0.2) is 241 Å². The molecule has 0 aliphatic carbocycles. The molecule has 0 unspecified atom stereocenters. The summed E-state index contributed by atoms with van der Waals surface area (Å²) in [5.74, 6) is 0. The molecule has 2 heterocycles. The maximum Gasteiger partial charge on any atom is 0.159 e. The van der Waals surface area contributed by atoms with Crippen molar-refractivity contribution in [1.82, 2.24) is 0 Å². The summed E-state index contributed by atoms with van der Waals surface area (Å²) < 4.78 is 9.29. The Hall–Kier alpha value is -8.22. The molecule has 11 aromatic carbocycles. The minimum atomic E-state index is -1.46. The van der Waals surface area contributed by atoms with Crippen molar-refractivity contribution in [3.05, 3.63) is 237 Å². The normalized spacial score (nSPS) is 11.9. The van der Waals surface area contributed by atoms with E-state index in [-0.39, 0.29) is 0 Å². The number of thiophene rings is 1. The van der Waals surface area contributed by atoms with Crippen molar-refractivity contribution in [2.45, 2.75) is 19.6 Å². The van der Waals surface area contributed by atoms with E-state index in [0.29, 0.717) is 0 Å². The lowest BCUT2D eigenvalue weighted by molar-refractivity contribution is 0.669. The quantitative estimate of drug-likeness (QED) is 0.106. The fraction of sp³-hybridized carbons (Fsp3) is 0.0462. The second-order valence-corrected chi connectivity index (χ2v) is 25.4. The van der Waals surface area contributed by atoms with Crippen LogP contribution in [0, 0.1) is 0 Å².